The van der Waals surface area contributed by atoms with Crippen LogP contribution in [0.3, 0.4) is 0 Å². The minimum Gasteiger partial charge on any atom is -0.376 e. The Kier molecular flexibility index (Phi) is 1.64. The van der Waals surface area contributed by atoms with E-state index in [1.807, 2.05) is 6.42 Å². The van der Waals surface area contributed by atoms with Crippen LogP contribution in [0.1, 0.15) is 0 Å². The van der Waals surface area contributed by atoms with Crippen LogP contribution in [0.15, 0.2) is 0 Å². The lowest BCUT2D eigenvalue weighted by atomic mass is 10.1. The van der Waals surface area contributed by atoms with E-state index in [9.17, 15) is 0 Å². The Labute approximate surface area is 60.3 Å². The van der Waals surface area contributed by atoms with E-state index < -0.39 is 0 Å². The van der Waals surface area contributed by atoms with Crippen molar-refractivity contribution in [3.05, 3.63) is 6.42 Å². The van der Waals surface area contributed by atoms with Gasteiger partial charge in [-0.2, -0.15) is 0 Å². The molecule has 0 spiro atoms. The molecule has 0 aromatic carbocycles. The zero-order chi connectivity index (χ0) is 6.97. The molecule has 2 saturated heterocycles. The molecule has 2 heterocycles. The molecule has 2 aliphatic rings. The van der Waals surface area contributed by atoms with Gasteiger partial charge in [-0.15, -0.1) is 0 Å². The summed E-state index contributed by atoms with van der Waals surface area (Å²) in [5.74, 6) is 0. The first kappa shape index (κ1) is 6.58. The van der Waals surface area contributed by atoms with Gasteiger partial charge in [0.05, 0.1) is 19.3 Å². The van der Waals surface area contributed by atoms with Crippen LogP contribution in [0.2, 0.25) is 0 Å². The predicted molar refractivity (Wildman–Crippen MR) is 34.6 cm³/mol. The van der Waals surface area contributed by atoms with Gasteiger partial charge in [0.15, 0.2) is 0 Å². The Hall–Kier alpha value is -0.120. The maximum Gasteiger partial charge on any atom is 0.112 e. The van der Waals surface area contributed by atoms with Crippen molar-refractivity contribution in [2.24, 2.45) is 0 Å². The summed E-state index contributed by atoms with van der Waals surface area (Å²) in [5.41, 5.74) is 0. The second-order valence-electron chi connectivity index (χ2n) is 2.61. The van der Waals surface area contributed by atoms with Crippen LogP contribution in [0.4, 0.5) is 0 Å². The highest BCUT2D eigenvalue weighted by Gasteiger charge is 2.41. The Morgan fingerprint density at radius 3 is 3.20 bits per heavy atom. The first-order valence-corrected chi connectivity index (χ1v) is 3.51. The summed E-state index contributed by atoms with van der Waals surface area (Å²) in [5, 5.41) is 0. The molecule has 0 amide bonds. The van der Waals surface area contributed by atoms with Gasteiger partial charge < -0.3 is 14.2 Å². The molecule has 3 heteroatoms. The van der Waals surface area contributed by atoms with Gasteiger partial charge in [0, 0.05) is 13.5 Å². The van der Waals surface area contributed by atoms with Crippen molar-refractivity contribution in [2.45, 2.75) is 18.3 Å². The van der Waals surface area contributed by atoms with Gasteiger partial charge in [0.1, 0.15) is 12.2 Å². The van der Waals surface area contributed by atoms with Crippen LogP contribution in [-0.2, 0) is 14.2 Å². The van der Waals surface area contributed by atoms with E-state index >= 15 is 0 Å². The molecule has 0 saturated carbocycles. The fourth-order valence-electron chi connectivity index (χ4n) is 1.48. The normalized spacial score (nSPS) is 45.9. The molecule has 0 N–H and O–H groups in total. The van der Waals surface area contributed by atoms with Gasteiger partial charge >= 0.3 is 0 Å². The maximum atomic E-state index is 5.37. The Bertz CT molecular complexity index is 126. The molecule has 0 aliphatic carbocycles. The molecule has 0 aromatic rings. The van der Waals surface area contributed by atoms with Crippen molar-refractivity contribution in [3.63, 3.8) is 0 Å². The van der Waals surface area contributed by atoms with E-state index in [0.717, 1.165) is 0 Å². The number of hydrogen-bond donors (Lipinski definition) is 0. The molecule has 2 rings (SSSR count). The molecule has 3 unspecified atom stereocenters. The third-order valence-electron chi connectivity index (χ3n) is 2.06. The zero-order valence-corrected chi connectivity index (χ0v) is 5.95. The standard InChI is InChI=1S/C7H11O3/c1-8-6-4-10-5-2-3-9-7(5)6/h2,5-7H,3-4H2,1H3. The predicted octanol–water partition coefficient (Wildman–Crippen LogP) is 0.00329. The molecule has 1 radical (unpaired) electrons. The van der Waals surface area contributed by atoms with Crippen LogP contribution in [0.5, 0.6) is 0 Å². The molecule has 2 fully saturated rings. The second-order valence-corrected chi connectivity index (χ2v) is 2.61. The largest absolute Gasteiger partial charge is 0.376 e. The fraction of sp³-hybridized carbons (Fsp3) is 0.857. The molecular weight excluding hydrogens is 132 g/mol. The zero-order valence-electron chi connectivity index (χ0n) is 5.95. The van der Waals surface area contributed by atoms with Crippen LogP contribution in [-0.4, -0.2) is 38.6 Å². The van der Waals surface area contributed by atoms with Crippen LogP contribution >= 0.6 is 0 Å². The smallest absolute Gasteiger partial charge is 0.112 e. The van der Waals surface area contributed by atoms with Gasteiger partial charge in [-0.1, -0.05) is 0 Å². The van der Waals surface area contributed by atoms with Crippen molar-refractivity contribution in [1.82, 2.24) is 0 Å². The highest BCUT2D eigenvalue weighted by Crippen LogP contribution is 2.26. The summed E-state index contributed by atoms with van der Waals surface area (Å²) in [6, 6.07) is 0. The Morgan fingerprint density at radius 2 is 2.40 bits per heavy atom. The van der Waals surface area contributed by atoms with Gasteiger partial charge in [-0.25, -0.2) is 0 Å². The minimum absolute atomic E-state index is 0.142. The van der Waals surface area contributed by atoms with E-state index in [0.29, 0.717) is 13.2 Å². The van der Waals surface area contributed by atoms with E-state index in [4.69, 9.17) is 14.2 Å². The van der Waals surface area contributed by atoms with Crippen LogP contribution in [0.25, 0.3) is 0 Å². The van der Waals surface area contributed by atoms with Gasteiger partial charge in [0.25, 0.3) is 0 Å². The fourth-order valence-corrected chi connectivity index (χ4v) is 1.48. The molecule has 3 atom stereocenters. The van der Waals surface area contributed by atoms with E-state index in [1.165, 1.54) is 0 Å². The third-order valence-corrected chi connectivity index (χ3v) is 2.06. The summed E-state index contributed by atoms with van der Waals surface area (Å²) in [4.78, 5) is 0. The molecule has 0 bridgehead atoms. The molecule has 57 valence electrons. The summed E-state index contributed by atoms with van der Waals surface area (Å²) in [7, 11) is 1.69. The number of rotatable bonds is 1. The lowest BCUT2D eigenvalue weighted by molar-refractivity contribution is -0.00640. The highest BCUT2D eigenvalue weighted by molar-refractivity contribution is 4.99. The van der Waals surface area contributed by atoms with Crippen molar-refractivity contribution < 1.29 is 14.2 Å². The van der Waals surface area contributed by atoms with E-state index in [2.05, 4.69) is 0 Å². The quantitative estimate of drug-likeness (QED) is 0.517. The average molecular weight is 143 g/mol. The minimum atomic E-state index is 0.142. The van der Waals surface area contributed by atoms with E-state index in [-0.39, 0.29) is 18.3 Å². The summed E-state index contributed by atoms with van der Waals surface area (Å²) in [6.45, 7) is 1.37. The SMILES string of the molecule is COC1COC2[CH]COC21. The average Bonchev–Trinajstić information content (AvgIpc) is 2.44. The second kappa shape index (κ2) is 2.49. The van der Waals surface area contributed by atoms with Crippen molar-refractivity contribution in [3.8, 4) is 0 Å². The number of ether oxygens (including phenoxy) is 3. The molecule has 2 aliphatic heterocycles. The lowest BCUT2D eigenvalue weighted by Crippen LogP contribution is -2.28. The molecular formula is C7H11O3. The molecule has 10 heavy (non-hydrogen) atoms. The van der Waals surface area contributed by atoms with Gasteiger partial charge in [-0.3, -0.25) is 0 Å². The van der Waals surface area contributed by atoms with Gasteiger partial charge in [0.2, 0.25) is 0 Å². The third kappa shape index (κ3) is 0.856. The van der Waals surface area contributed by atoms with E-state index in [1.54, 1.807) is 7.11 Å². The summed E-state index contributed by atoms with van der Waals surface area (Å²) < 4.78 is 15.9. The maximum absolute atomic E-state index is 5.37. The Morgan fingerprint density at radius 1 is 1.50 bits per heavy atom. The Balaban J connectivity index is 2.01. The molecule has 3 nitrogen and oxygen atoms in total. The van der Waals surface area contributed by atoms with Gasteiger partial charge in [-0.05, 0) is 0 Å². The number of fused-ring (bicyclic) bond motifs is 1. The molecule has 0 aromatic heterocycles. The van der Waals surface area contributed by atoms with Crippen molar-refractivity contribution in [2.75, 3.05) is 20.3 Å². The van der Waals surface area contributed by atoms with Crippen molar-refractivity contribution >= 4 is 0 Å². The van der Waals surface area contributed by atoms with Crippen molar-refractivity contribution in [1.29, 1.82) is 0 Å². The van der Waals surface area contributed by atoms with Crippen LogP contribution in [0, 0.1) is 6.42 Å². The first-order valence-electron chi connectivity index (χ1n) is 3.51. The summed E-state index contributed by atoms with van der Waals surface area (Å²) >= 11 is 0. The summed E-state index contributed by atoms with van der Waals surface area (Å²) in [6.07, 6.45) is 2.53. The van der Waals surface area contributed by atoms with Crippen LogP contribution < -0.4 is 0 Å². The monoisotopic (exact) mass is 143 g/mol. The topological polar surface area (TPSA) is 27.7 Å². The number of methoxy groups -OCH3 is 1. The highest BCUT2D eigenvalue weighted by atomic mass is 16.6. The number of hydrogen-bond acceptors (Lipinski definition) is 3. The first-order chi connectivity index (χ1) is 4.92. The lowest BCUT2D eigenvalue weighted by Gasteiger charge is -2.12.